The lowest BCUT2D eigenvalue weighted by atomic mass is 9.44. The SMILES string of the molecule is C[C@@H]1C[C@H]2[C@@H]3C[C@H](F)C4=CC(O)=CC(=O)[C@]4(C)[C@@]3(F)CC[C@]2(C)[C@@]1(OC(=O)O[C@H]1C[C@H]2CC[C@]1(C)C2(C)C)C(=O)O. The fourth-order valence-electron chi connectivity index (χ4n) is 10.8. The van der Waals surface area contributed by atoms with Gasteiger partial charge in [-0.25, -0.2) is 18.4 Å². The lowest BCUT2D eigenvalue weighted by molar-refractivity contribution is -0.207. The van der Waals surface area contributed by atoms with Crippen molar-refractivity contribution < 1.29 is 42.9 Å². The van der Waals surface area contributed by atoms with Crippen LogP contribution in [-0.4, -0.2) is 51.7 Å². The Hall–Kier alpha value is -2.45. The van der Waals surface area contributed by atoms with Crippen LogP contribution >= 0.6 is 0 Å². The Bertz CT molecular complexity index is 1290. The Morgan fingerprint density at radius 3 is 2.24 bits per heavy atom. The van der Waals surface area contributed by atoms with E-state index in [0.717, 1.165) is 25.0 Å². The molecule has 0 radical (unpaired) electrons. The Balaban J connectivity index is 1.33. The number of rotatable bonds is 3. The van der Waals surface area contributed by atoms with Crippen molar-refractivity contribution >= 4 is 17.9 Å². The van der Waals surface area contributed by atoms with Gasteiger partial charge in [-0.05, 0) is 80.8 Å². The van der Waals surface area contributed by atoms with Crippen molar-refractivity contribution in [3.05, 3.63) is 23.5 Å². The number of hydrogen-bond acceptors (Lipinski definition) is 6. The summed E-state index contributed by atoms with van der Waals surface area (Å²) >= 11 is 0. The highest BCUT2D eigenvalue weighted by atomic mass is 19.1. The molecule has 5 fully saturated rings. The number of carboxylic acids is 1. The van der Waals surface area contributed by atoms with E-state index in [-0.39, 0.29) is 42.1 Å². The quantitative estimate of drug-likeness (QED) is 0.362. The van der Waals surface area contributed by atoms with Gasteiger partial charge in [-0.15, -0.1) is 0 Å². The molecule has 2 bridgehead atoms. The zero-order valence-corrected chi connectivity index (χ0v) is 24.8. The van der Waals surface area contributed by atoms with E-state index in [0.29, 0.717) is 12.3 Å². The van der Waals surface area contributed by atoms with Gasteiger partial charge in [-0.2, -0.15) is 0 Å². The minimum Gasteiger partial charge on any atom is -0.508 e. The number of halogens is 2. The van der Waals surface area contributed by atoms with Gasteiger partial charge in [0, 0.05) is 28.7 Å². The molecule has 5 saturated carbocycles. The van der Waals surface area contributed by atoms with E-state index in [4.69, 9.17) is 9.47 Å². The summed E-state index contributed by atoms with van der Waals surface area (Å²) in [6.45, 7) is 11.3. The number of ketones is 1. The zero-order chi connectivity index (χ0) is 30.1. The van der Waals surface area contributed by atoms with Crippen LogP contribution < -0.4 is 0 Å². The average molecular weight is 577 g/mol. The van der Waals surface area contributed by atoms with Gasteiger partial charge in [0.1, 0.15) is 23.7 Å². The van der Waals surface area contributed by atoms with Crippen molar-refractivity contribution in [2.75, 3.05) is 0 Å². The number of aliphatic carboxylic acids is 1. The number of carbonyl (C=O) groups excluding carboxylic acids is 2. The summed E-state index contributed by atoms with van der Waals surface area (Å²) < 4.78 is 45.0. The topological polar surface area (TPSA) is 110 Å². The summed E-state index contributed by atoms with van der Waals surface area (Å²) in [5.74, 6) is -4.35. The summed E-state index contributed by atoms with van der Waals surface area (Å²) in [6, 6.07) is 0. The number of aliphatic hydroxyl groups excluding tert-OH is 1. The standard InChI is InChI=1S/C32H42F2O7/c1-16-11-19-20-15-22(33)21-13-18(35)14-23(36)30(21,6)31(20,34)10-9-28(19,4)32(16,25(37)38)41-26(39)40-24-12-17-7-8-29(24,5)27(17,2)3/h13-14,16-17,19-20,22,24,35H,7-12,15H2,1-6H3,(H,37,38)/t16-,17-,19+,20+,22+,24+,28+,29+,30-,31-,32+/m1/s1. The van der Waals surface area contributed by atoms with Gasteiger partial charge in [-0.3, -0.25) is 4.79 Å². The highest BCUT2D eigenvalue weighted by Gasteiger charge is 2.77. The van der Waals surface area contributed by atoms with Crippen LogP contribution in [0.4, 0.5) is 13.6 Å². The van der Waals surface area contributed by atoms with Crippen LogP contribution in [0.25, 0.3) is 0 Å². The van der Waals surface area contributed by atoms with Gasteiger partial charge >= 0.3 is 12.1 Å². The van der Waals surface area contributed by atoms with Crippen LogP contribution in [0.2, 0.25) is 0 Å². The molecule has 41 heavy (non-hydrogen) atoms. The first-order chi connectivity index (χ1) is 18.9. The Kier molecular flexibility index (Phi) is 5.83. The zero-order valence-electron chi connectivity index (χ0n) is 24.8. The second-order valence-electron chi connectivity index (χ2n) is 15.1. The van der Waals surface area contributed by atoms with Gasteiger partial charge < -0.3 is 19.7 Å². The predicted molar refractivity (Wildman–Crippen MR) is 144 cm³/mol. The average Bonchev–Trinajstić information content (AvgIpc) is 3.32. The number of hydrogen-bond donors (Lipinski definition) is 2. The Morgan fingerprint density at radius 1 is 0.976 bits per heavy atom. The maximum atomic E-state index is 17.4. The van der Waals surface area contributed by atoms with Crippen molar-refractivity contribution in [2.45, 2.75) is 110 Å². The van der Waals surface area contributed by atoms with Crippen LogP contribution in [0.1, 0.15) is 86.5 Å². The second-order valence-corrected chi connectivity index (χ2v) is 15.1. The molecule has 0 aromatic heterocycles. The molecule has 6 aliphatic rings. The highest BCUT2D eigenvalue weighted by Crippen LogP contribution is 2.72. The smallest absolute Gasteiger partial charge is 0.508 e. The van der Waals surface area contributed by atoms with E-state index in [1.165, 1.54) is 6.92 Å². The first-order valence-electron chi connectivity index (χ1n) is 15.0. The molecule has 0 unspecified atom stereocenters. The van der Waals surface area contributed by atoms with Gasteiger partial charge in [0.25, 0.3) is 0 Å². The molecule has 0 aliphatic heterocycles. The van der Waals surface area contributed by atoms with E-state index in [2.05, 4.69) is 20.8 Å². The summed E-state index contributed by atoms with van der Waals surface area (Å²) in [6.07, 6.45) is 1.44. The second kappa shape index (κ2) is 8.34. The number of allylic oxidation sites excluding steroid dienone is 3. The van der Waals surface area contributed by atoms with E-state index in [9.17, 15) is 24.6 Å². The first-order valence-corrected chi connectivity index (χ1v) is 15.0. The third-order valence-corrected chi connectivity index (χ3v) is 13.8. The fourth-order valence-corrected chi connectivity index (χ4v) is 10.8. The molecule has 0 aromatic rings. The van der Waals surface area contributed by atoms with Crippen LogP contribution in [0.15, 0.2) is 23.5 Å². The van der Waals surface area contributed by atoms with E-state index < -0.39 is 75.8 Å². The molecular formula is C32H42F2O7. The Labute approximate surface area is 239 Å². The third-order valence-electron chi connectivity index (χ3n) is 13.8. The number of fused-ring (bicyclic) bond motifs is 7. The van der Waals surface area contributed by atoms with Crippen molar-refractivity contribution in [2.24, 2.45) is 45.3 Å². The van der Waals surface area contributed by atoms with Gasteiger partial charge in [0.2, 0.25) is 5.60 Å². The first kappa shape index (κ1) is 28.7. The molecule has 0 amide bonds. The molecule has 9 heteroatoms. The lowest BCUT2D eigenvalue weighted by Crippen LogP contribution is -2.67. The number of aliphatic hydroxyl groups is 1. The van der Waals surface area contributed by atoms with E-state index in [1.54, 1.807) is 13.8 Å². The molecule has 0 heterocycles. The van der Waals surface area contributed by atoms with Gasteiger partial charge in [0.15, 0.2) is 5.78 Å². The molecule has 226 valence electrons. The predicted octanol–water partition coefficient (Wildman–Crippen LogP) is 6.66. The normalized spacial score (nSPS) is 51.2. The van der Waals surface area contributed by atoms with E-state index in [1.807, 2.05) is 0 Å². The minimum atomic E-state index is -2.15. The molecule has 0 spiro atoms. The van der Waals surface area contributed by atoms with Gasteiger partial charge in [0.05, 0.1) is 5.41 Å². The lowest BCUT2D eigenvalue weighted by Gasteiger charge is -2.61. The number of alkyl halides is 2. The van der Waals surface area contributed by atoms with Crippen molar-refractivity contribution in [3.63, 3.8) is 0 Å². The van der Waals surface area contributed by atoms with Crippen LogP contribution in [0.5, 0.6) is 0 Å². The summed E-state index contributed by atoms with van der Waals surface area (Å²) in [5.41, 5.74) is -7.52. The molecule has 6 rings (SSSR count). The van der Waals surface area contributed by atoms with Crippen LogP contribution in [-0.2, 0) is 19.1 Å². The van der Waals surface area contributed by atoms with Crippen molar-refractivity contribution in [3.8, 4) is 0 Å². The molecule has 11 atom stereocenters. The molecule has 0 saturated heterocycles. The fraction of sp³-hybridized carbons (Fsp3) is 0.781. The summed E-state index contributed by atoms with van der Waals surface area (Å²) in [4.78, 5) is 39.8. The summed E-state index contributed by atoms with van der Waals surface area (Å²) in [7, 11) is 0. The molecule has 6 aliphatic carbocycles. The molecular weight excluding hydrogens is 534 g/mol. The molecule has 7 nitrogen and oxygen atoms in total. The Morgan fingerprint density at radius 2 is 1.66 bits per heavy atom. The van der Waals surface area contributed by atoms with Crippen molar-refractivity contribution in [1.82, 2.24) is 0 Å². The van der Waals surface area contributed by atoms with Crippen molar-refractivity contribution in [1.29, 1.82) is 0 Å². The maximum Gasteiger partial charge on any atom is 0.509 e. The third kappa shape index (κ3) is 3.16. The highest BCUT2D eigenvalue weighted by molar-refractivity contribution is 6.00. The minimum absolute atomic E-state index is 0.0215. The maximum absolute atomic E-state index is 17.4. The van der Waals surface area contributed by atoms with Crippen LogP contribution in [0.3, 0.4) is 0 Å². The number of carboxylic acid groups (broad SMARTS) is 1. The molecule has 0 aromatic carbocycles. The largest absolute Gasteiger partial charge is 0.509 e. The number of carbonyl (C=O) groups is 3. The summed E-state index contributed by atoms with van der Waals surface area (Å²) in [5, 5.41) is 20.7. The van der Waals surface area contributed by atoms with Gasteiger partial charge in [-0.1, -0.05) is 34.6 Å². The number of ether oxygens (including phenoxy) is 2. The van der Waals surface area contributed by atoms with E-state index >= 15 is 8.78 Å². The monoisotopic (exact) mass is 576 g/mol. The molecule has 2 N–H and O–H groups in total. The van der Waals surface area contributed by atoms with Crippen LogP contribution in [0, 0.1) is 45.3 Å².